The Morgan fingerprint density at radius 1 is 1.00 bits per heavy atom. The van der Waals surface area contributed by atoms with Crippen molar-refractivity contribution in [3.8, 4) is 0 Å². The van der Waals surface area contributed by atoms with Gasteiger partial charge in [0.2, 0.25) is 5.95 Å². The fourth-order valence-electron chi connectivity index (χ4n) is 2.18. The van der Waals surface area contributed by atoms with E-state index in [1.54, 1.807) is 12.3 Å². The van der Waals surface area contributed by atoms with Crippen molar-refractivity contribution in [3.63, 3.8) is 0 Å². The minimum Gasteiger partial charge on any atom is -0.350 e. The van der Waals surface area contributed by atoms with Crippen LogP contribution in [0.3, 0.4) is 0 Å². The molecule has 5 heteroatoms. The van der Waals surface area contributed by atoms with Crippen LogP contribution in [0.25, 0.3) is 0 Å². The normalized spacial score (nSPS) is 10.2. The van der Waals surface area contributed by atoms with E-state index in [0.717, 1.165) is 16.8 Å². The summed E-state index contributed by atoms with van der Waals surface area (Å²) in [6.07, 6.45) is 1.57. The van der Waals surface area contributed by atoms with Crippen molar-refractivity contribution in [2.45, 2.75) is 13.5 Å². The molecule has 0 saturated carbocycles. The van der Waals surface area contributed by atoms with Gasteiger partial charge in [0.15, 0.2) is 0 Å². The molecule has 0 atom stereocenters. The van der Waals surface area contributed by atoms with Crippen LogP contribution in [0.2, 0.25) is 0 Å². The fraction of sp³-hybridized carbons (Fsp3) is 0.105. The van der Waals surface area contributed by atoms with Crippen LogP contribution in [0.4, 0.5) is 11.6 Å². The van der Waals surface area contributed by atoms with Crippen molar-refractivity contribution in [1.82, 2.24) is 9.97 Å². The summed E-state index contributed by atoms with van der Waals surface area (Å²) in [6.45, 7) is 2.60. The first-order valence-corrected chi connectivity index (χ1v) is 7.69. The number of benzene rings is 2. The molecule has 0 fully saturated rings. The average molecular weight is 318 g/mol. The Morgan fingerprint density at radius 3 is 2.50 bits per heavy atom. The van der Waals surface area contributed by atoms with Crippen LogP contribution in [0, 0.1) is 6.92 Å². The highest BCUT2D eigenvalue weighted by Gasteiger charge is 2.09. The van der Waals surface area contributed by atoms with Gasteiger partial charge in [-0.25, -0.2) is 9.97 Å². The van der Waals surface area contributed by atoms with Gasteiger partial charge in [0.05, 0.1) is 0 Å². The topological polar surface area (TPSA) is 66.9 Å². The number of hydrogen-bond donors (Lipinski definition) is 2. The number of hydrogen-bond acceptors (Lipinski definition) is 4. The standard InChI is InChI=1S/C19H18N4O/c1-14-7-9-16(10-8-14)22-18(24)17-11-12-20-19(23-17)21-13-15-5-3-2-4-6-15/h2-12H,13H2,1H3,(H,22,24)(H,20,21,23). The zero-order valence-corrected chi connectivity index (χ0v) is 13.4. The van der Waals surface area contributed by atoms with Gasteiger partial charge in [-0.15, -0.1) is 0 Å². The van der Waals surface area contributed by atoms with Crippen molar-refractivity contribution >= 4 is 17.5 Å². The molecule has 0 aliphatic heterocycles. The fourth-order valence-corrected chi connectivity index (χ4v) is 2.18. The van der Waals surface area contributed by atoms with E-state index in [-0.39, 0.29) is 5.91 Å². The Kier molecular flexibility index (Phi) is 4.81. The molecular formula is C19H18N4O. The zero-order chi connectivity index (χ0) is 16.8. The summed E-state index contributed by atoms with van der Waals surface area (Å²) in [4.78, 5) is 20.7. The van der Waals surface area contributed by atoms with Crippen molar-refractivity contribution in [2.24, 2.45) is 0 Å². The lowest BCUT2D eigenvalue weighted by Crippen LogP contribution is -2.15. The van der Waals surface area contributed by atoms with Crippen LogP contribution in [0.5, 0.6) is 0 Å². The smallest absolute Gasteiger partial charge is 0.274 e. The van der Waals surface area contributed by atoms with E-state index in [1.807, 2.05) is 61.5 Å². The predicted octanol–water partition coefficient (Wildman–Crippen LogP) is 3.65. The van der Waals surface area contributed by atoms with E-state index in [4.69, 9.17) is 0 Å². The molecule has 0 aliphatic carbocycles. The Balaban J connectivity index is 1.65. The molecule has 1 aromatic heterocycles. The number of nitrogens with zero attached hydrogens (tertiary/aromatic N) is 2. The van der Waals surface area contributed by atoms with Gasteiger partial charge in [0.1, 0.15) is 5.69 Å². The number of aryl methyl sites for hydroxylation is 1. The minimum atomic E-state index is -0.260. The molecule has 0 bridgehead atoms. The number of aromatic nitrogens is 2. The maximum absolute atomic E-state index is 12.3. The molecule has 1 amide bonds. The van der Waals surface area contributed by atoms with Gasteiger partial charge in [0, 0.05) is 18.4 Å². The molecule has 3 aromatic rings. The monoisotopic (exact) mass is 318 g/mol. The third-order valence-corrected chi connectivity index (χ3v) is 3.49. The van der Waals surface area contributed by atoms with Gasteiger partial charge in [-0.1, -0.05) is 48.0 Å². The third kappa shape index (κ3) is 4.16. The summed E-state index contributed by atoms with van der Waals surface area (Å²) in [5.41, 5.74) is 3.32. The highest BCUT2D eigenvalue weighted by molar-refractivity contribution is 6.02. The Bertz CT molecular complexity index is 816. The van der Waals surface area contributed by atoms with Gasteiger partial charge < -0.3 is 10.6 Å². The van der Waals surface area contributed by atoms with Crippen LogP contribution in [-0.4, -0.2) is 15.9 Å². The number of anilines is 2. The second-order valence-corrected chi connectivity index (χ2v) is 5.42. The molecule has 0 saturated heterocycles. The molecule has 2 aromatic carbocycles. The second kappa shape index (κ2) is 7.37. The molecule has 0 aliphatic rings. The van der Waals surface area contributed by atoms with Crippen LogP contribution in [0.1, 0.15) is 21.6 Å². The first kappa shape index (κ1) is 15.7. The summed E-state index contributed by atoms with van der Waals surface area (Å²) >= 11 is 0. The van der Waals surface area contributed by atoms with E-state index in [2.05, 4.69) is 20.6 Å². The SMILES string of the molecule is Cc1ccc(NC(=O)c2ccnc(NCc3ccccc3)n2)cc1. The zero-order valence-electron chi connectivity index (χ0n) is 13.4. The van der Waals surface area contributed by atoms with Crippen LogP contribution >= 0.6 is 0 Å². The molecule has 24 heavy (non-hydrogen) atoms. The molecule has 2 N–H and O–H groups in total. The first-order valence-electron chi connectivity index (χ1n) is 7.69. The summed E-state index contributed by atoms with van der Waals surface area (Å²) in [6, 6.07) is 19.2. The molecule has 3 rings (SSSR count). The molecule has 1 heterocycles. The Hall–Kier alpha value is -3.21. The average Bonchev–Trinajstić information content (AvgIpc) is 2.63. The van der Waals surface area contributed by atoms with Gasteiger partial charge in [-0.2, -0.15) is 0 Å². The lowest BCUT2D eigenvalue weighted by molar-refractivity contribution is 0.102. The molecule has 0 radical (unpaired) electrons. The number of carbonyl (C=O) groups is 1. The molecular weight excluding hydrogens is 300 g/mol. The summed E-state index contributed by atoms with van der Waals surface area (Å²) in [7, 11) is 0. The minimum absolute atomic E-state index is 0.260. The van der Waals surface area contributed by atoms with E-state index >= 15 is 0 Å². The largest absolute Gasteiger partial charge is 0.350 e. The predicted molar refractivity (Wildman–Crippen MR) is 94.9 cm³/mol. The lowest BCUT2D eigenvalue weighted by Gasteiger charge is -2.08. The highest BCUT2D eigenvalue weighted by Crippen LogP contribution is 2.11. The summed E-state index contributed by atoms with van der Waals surface area (Å²) in [5, 5.41) is 5.95. The number of nitrogens with one attached hydrogen (secondary N) is 2. The van der Waals surface area contributed by atoms with Crippen molar-refractivity contribution in [3.05, 3.63) is 83.7 Å². The van der Waals surface area contributed by atoms with Crippen molar-refractivity contribution < 1.29 is 4.79 Å². The molecule has 5 nitrogen and oxygen atoms in total. The number of amides is 1. The maximum atomic E-state index is 12.3. The Labute approximate surface area is 140 Å². The summed E-state index contributed by atoms with van der Waals surface area (Å²) in [5.74, 6) is 0.166. The maximum Gasteiger partial charge on any atom is 0.274 e. The second-order valence-electron chi connectivity index (χ2n) is 5.42. The van der Waals surface area contributed by atoms with E-state index < -0.39 is 0 Å². The third-order valence-electron chi connectivity index (χ3n) is 3.49. The first-order chi connectivity index (χ1) is 11.7. The highest BCUT2D eigenvalue weighted by atomic mass is 16.1. The van der Waals surface area contributed by atoms with Crippen LogP contribution < -0.4 is 10.6 Å². The van der Waals surface area contributed by atoms with Crippen LogP contribution in [0.15, 0.2) is 66.9 Å². The quantitative estimate of drug-likeness (QED) is 0.753. The van der Waals surface area contributed by atoms with Gasteiger partial charge in [-0.3, -0.25) is 4.79 Å². The van der Waals surface area contributed by atoms with Crippen LogP contribution in [-0.2, 0) is 6.54 Å². The molecule has 0 spiro atoms. The van der Waals surface area contributed by atoms with E-state index in [1.165, 1.54) is 0 Å². The van der Waals surface area contributed by atoms with Crippen molar-refractivity contribution in [1.29, 1.82) is 0 Å². The van der Waals surface area contributed by atoms with E-state index in [9.17, 15) is 4.79 Å². The van der Waals surface area contributed by atoms with E-state index in [0.29, 0.717) is 18.2 Å². The molecule has 120 valence electrons. The van der Waals surface area contributed by atoms with Gasteiger partial charge in [0.25, 0.3) is 5.91 Å². The number of carbonyl (C=O) groups excluding carboxylic acids is 1. The van der Waals surface area contributed by atoms with Crippen molar-refractivity contribution in [2.75, 3.05) is 10.6 Å². The Morgan fingerprint density at radius 2 is 1.75 bits per heavy atom. The molecule has 0 unspecified atom stereocenters. The summed E-state index contributed by atoms with van der Waals surface area (Å²) < 4.78 is 0. The number of rotatable bonds is 5. The van der Waals surface area contributed by atoms with Gasteiger partial charge in [-0.05, 0) is 30.7 Å². The lowest BCUT2D eigenvalue weighted by atomic mass is 10.2. The van der Waals surface area contributed by atoms with Gasteiger partial charge >= 0.3 is 0 Å².